The highest BCUT2D eigenvalue weighted by Crippen LogP contribution is 2.27. The average molecular weight is 335 g/mol. The summed E-state index contributed by atoms with van der Waals surface area (Å²) in [6.45, 7) is 2.96. The normalized spacial score (nSPS) is 18.2. The molecule has 1 atom stereocenters. The molecule has 0 aliphatic carbocycles. The van der Waals surface area contributed by atoms with Crippen molar-refractivity contribution >= 4 is 5.91 Å². The monoisotopic (exact) mass is 335 g/mol. The van der Waals surface area contributed by atoms with E-state index in [1.807, 2.05) is 32.3 Å². The number of nitrogens with one attached hydrogen (secondary N) is 1. The Labute approximate surface area is 144 Å². The van der Waals surface area contributed by atoms with Crippen LogP contribution < -0.4 is 14.8 Å². The lowest BCUT2D eigenvalue weighted by atomic mass is 10.1. The number of ether oxygens (including phenoxy) is 2. The van der Waals surface area contributed by atoms with Gasteiger partial charge in [-0.25, -0.2) is 0 Å². The van der Waals surface area contributed by atoms with Crippen molar-refractivity contribution in [2.75, 3.05) is 47.9 Å². The van der Waals surface area contributed by atoms with Gasteiger partial charge in [0.25, 0.3) is 0 Å². The van der Waals surface area contributed by atoms with Crippen LogP contribution in [0, 0.1) is 0 Å². The van der Waals surface area contributed by atoms with Crippen LogP contribution in [0.25, 0.3) is 0 Å². The van der Waals surface area contributed by atoms with Gasteiger partial charge < -0.3 is 19.7 Å². The average Bonchev–Trinajstić information content (AvgIpc) is 2.61. The first-order chi connectivity index (χ1) is 11.6. The summed E-state index contributed by atoms with van der Waals surface area (Å²) >= 11 is 0. The number of hydrogen-bond donors (Lipinski definition) is 1. The molecule has 1 aromatic rings. The van der Waals surface area contributed by atoms with Crippen molar-refractivity contribution in [1.29, 1.82) is 0 Å². The van der Waals surface area contributed by atoms with Gasteiger partial charge in [-0.15, -0.1) is 0 Å². The molecule has 2 rings (SSSR count). The lowest BCUT2D eigenvalue weighted by molar-refractivity contribution is -0.132. The zero-order valence-electron chi connectivity index (χ0n) is 15.2. The van der Waals surface area contributed by atoms with Crippen LogP contribution in [0.5, 0.6) is 11.5 Å². The van der Waals surface area contributed by atoms with Gasteiger partial charge in [-0.2, -0.15) is 0 Å². The lowest BCUT2D eigenvalue weighted by Gasteiger charge is -2.33. The zero-order chi connectivity index (χ0) is 17.5. The number of piperidine rings is 1. The maximum absolute atomic E-state index is 12.5. The number of likely N-dealkylation sites (N-methyl/N-ethyl adjacent to an activating group) is 2. The Hall–Kier alpha value is -1.79. The highest BCUT2D eigenvalue weighted by Gasteiger charge is 2.21. The second kappa shape index (κ2) is 8.89. The summed E-state index contributed by atoms with van der Waals surface area (Å²) in [7, 11) is 7.06. The molecule has 6 nitrogen and oxygen atoms in total. The number of carbonyl (C=O) groups is 1. The third kappa shape index (κ3) is 4.85. The Morgan fingerprint density at radius 3 is 2.75 bits per heavy atom. The van der Waals surface area contributed by atoms with E-state index in [1.54, 1.807) is 19.1 Å². The first kappa shape index (κ1) is 18.5. The van der Waals surface area contributed by atoms with E-state index in [0.29, 0.717) is 30.6 Å². The molecule has 1 fully saturated rings. The van der Waals surface area contributed by atoms with Crippen LogP contribution in [0.2, 0.25) is 0 Å². The number of likely N-dealkylation sites (tertiary alicyclic amines) is 1. The Balaban J connectivity index is 1.91. The van der Waals surface area contributed by atoms with Crippen LogP contribution in [-0.2, 0) is 11.3 Å². The topological polar surface area (TPSA) is 54.0 Å². The summed E-state index contributed by atoms with van der Waals surface area (Å²) in [5, 5.41) is 3.31. The van der Waals surface area contributed by atoms with Crippen molar-refractivity contribution in [3.05, 3.63) is 23.8 Å². The van der Waals surface area contributed by atoms with Crippen LogP contribution in [-0.4, -0.2) is 69.7 Å². The molecular formula is C18H29N3O3. The fourth-order valence-electron chi connectivity index (χ4n) is 3.09. The number of nitrogens with zero attached hydrogens (tertiary/aromatic N) is 2. The SMILES string of the molecule is CNC1CCCN(CC(=O)N(C)Cc2ccc(OC)c(OC)c2)C1. The predicted molar refractivity (Wildman–Crippen MR) is 94.5 cm³/mol. The molecule has 24 heavy (non-hydrogen) atoms. The molecule has 1 aromatic carbocycles. The van der Waals surface area contributed by atoms with Gasteiger partial charge in [-0.3, -0.25) is 9.69 Å². The van der Waals surface area contributed by atoms with E-state index in [2.05, 4.69) is 10.2 Å². The molecule has 1 aliphatic rings. The van der Waals surface area contributed by atoms with Gasteiger partial charge in [0.15, 0.2) is 11.5 Å². The van der Waals surface area contributed by atoms with Crippen LogP contribution >= 0.6 is 0 Å². The molecule has 1 unspecified atom stereocenters. The number of methoxy groups -OCH3 is 2. The van der Waals surface area contributed by atoms with E-state index in [-0.39, 0.29) is 5.91 Å². The number of hydrogen-bond acceptors (Lipinski definition) is 5. The minimum absolute atomic E-state index is 0.140. The second-order valence-electron chi connectivity index (χ2n) is 6.30. The summed E-state index contributed by atoms with van der Waals surface area (Å²) in [6.07, 6.45) is 2.32. The molecular weight excluding hydrogens is 306 g/mol. The maximum Gasteiger partial charge on any atom is 0.236 e. The van der Waals surface area contributed by atoms with Gasteiger partial charge in [0.2, 0.25) is 5.91 Å². The number of benzene rings is 1. The van der Waals surface area contributed by atoms with Crippen molar-refractivity contribution in [2.45, 2.75) is 25.4 Å². The third-order valence-electron chi connectivity index (χ3n) is 4.57. The fraction of sp³-hybridized carbons (Fsp3) is 0.611. The number of carbonyl (C=O) groups excluding carboxylic acids is 1. The maximum atomic E-state index is 12.5. The summed E-state index contributed by atoms with van der Waals surface area (Å²) in [4.78, 5) is 16.5. The van der Waals surface area contributed by atoms with Gasteiger partial charge in [0.1, 0.15) is 0 Å². The van der Waals surface area contributed by atoms with Gasteiger partial charge >= 0.3 is 0 Å². The van der Waals surface area contributed by atoms with Gasteiger partial charge in [-0.1, -0.05) is 6.07 Å². The molecule has 1 saturated heterocycles. The smallest absolute Gasteiger partial charge is 0.236 e. The van der Waals surface area contributed by atoms with Crippen molar-refractivity contribution in [3.63, 3.8) is 0 Å². The Morgan fingerprint density at radius 1 is 1.33 bits per heavy atom. The zero-order valence-corrected chi connectivity index (χ0v) is 15.2. The van der Waals surface area contributed by atoms with Crippen LogP contribution in [0.4, 0.5) is 0 Å². The lowest BCUT2D eigenvalue weighted by Crippen LogP contribution is -2.48. The van der Waals surface area contributed by atoms with Crippen molar-refractivity contribution in [3.8, 4) is 11.5 Å². The van der Waals surface area contributed by atoms with E-state index in [9.17, 15) is 4.79 Å². The molecule has 6 heteroatoms. The van der Waals surface area contributed by atoms with Gasteiger partial charge in [-0.05, 0) is 44.1 Å². The predicted octanol–water partition coefficient (Wildman–Crippen LogP) is 1.35. The van der Waals surface area contributed by atoms with Crippen LogP contribution in [0.15, 0.2) is 18.2 Å². The van der Waals surface area contributed by atoms with Crippen molar-refractivity contribution in [2.24, 2.45) is 0 Å². The third-order valence-corrected chi connectivity index (χ3v) is 4.57. The van der Waals surface area contributed by atoms with E-state index in [0.717, 1.165) is 25.1 Å². The number of amides is 1. The van der Waals surface area contributed by atoms with Crippen LogP contribution in [0.1, 0.15) is 18.4 Å². The molecule has 1 amide bonds. The number of rotatable bonds is 7. The fourth-order valence-corrected chi connectivity index (χ4v) is 3.09. The molecule has 0 aromatic heterocycles. The molecule has 0 spiro atoms. The Bertz CT molecular complexity index is 550. The van der Waals surface area contributed by atoms with E-state index in [4.69, 9.17) is 9.47 Å². The van der Waals surface area contributed by atoms with Gasteiger partial charge in [0, 0.05) is 26.2 Å². The minimum Gasteiger partial charge on any atom is -0.493 e. The Kier molecular flexibility index (Phi) is 6.87. The quantitative estimate of drug-likeness (QED) is 0.815. The van der Waals surface area contributed by atoms with Crippen molar-refractivity contribution in [1.82, 2.24) is 15.1 Å². The summed E-state index contributed by atoms with van der Waals surface area (Å²) in [5.74, 6) is 1.52. The van der Waals surface area contributed by atoms with Crippen molar-refractivity contribution < 1.29 is 14.3 Å². The minimum atomic E-state index is 0.140. The largest absolute Gasteiger partial charge is 0.493 e. The Morgan fingerprint density at radius 2 is 2.08 bits per heavy atom. The van der Waals surface area contributed by atoms with E-state index < -0.39 is 0 Å². The standard InChI is InChI=1S/C18H29N3O3/c1-19-15-6-5-9-21(12-15)13-18(22)20(2)11-14-7-8-16(23-3)17(10-14)24-4/h7-8,10,15,19H,5-6,9,11-13H2,1-4H3. The van der Waals surface area contributed by atoms with Crippen LogP contribution in [0.3, 0.4) is 0 Å². The molecule has 134 valence electrons. The van der Waals surface area contributed by atoms with E-state index >= 15 is 0 Å². The molecule has 0 radical (unpaired) electrons. The summed E-state index contributed by atoms with van der Waals surface area (Å²) in [5.41, 5.74) is 1.02. The highest BCUT2D eigenvalue weighted by molar-refractivity contribution is 5.78. The highest BCUT2D eigenvalue weighted by atomic mass is 16.5. The second-order valence-corrected chi connectivity index (χ2v) is 6.30. The summed E-state index contributed by atoms with van der Waals surface area (Å²) in [6, 6.07) is 6.24. The molecule has 0 bridgehead atoms. The van der Waals surface area contributed by atoms with E-state index in [1.165, 1.54) is 6.42 Å². The summed E-state index contributed by atoms with van der Waals surface area (Å²) < 4.78 is 10.6. The molecule has 1 heterocycles. The van der Waals surface area contributed by atoms with Gasteiger partial charge in [0.05, 0.1) is 20.8 Å². The first-order valence-electron chi connectivity index (χ1n) is 8.41. The molecule has 1 N–H and O–H groups in total. The molecule has 1 aliphatic heterocycles. The molecule has 0 saturated carbocycles. The first-order valence-corrected chi connectivity index (χ1v) is 8.41.